The maximum Gasteiger partial charge on any atom is 0.0562 e. The number of anilines is 1. The van der Waals surface area contributed by atoms with Gasteiger partial charge in [-0.25, -0.2) is 0 Å². The van der Waals surface area contributed by atoms with Crippen LogP contribution in [0.1, 0.15) is 12.8 Å². The van der Waals surface area contributed by atoms with Gasteiger partial charge in [-0.3, -0.25) is 0 Å². The van der Waals surface area contributed by atoms with E-state index in [1.54, 1.807) is 11.8 Å². The molecule has 1 aliphatic carbocycles. The molecule has 0 heterocycles. The van der Waals surface area contributed by atoms with Crippen molar-refractivity contribution in [2.75, 3.05) is 18.1 Å². The summed E-state index contributed by atoms with van der Waals surface area (Å²) >= 11 is 7.78. The predicted molar refractivity (Wildman–Crippen MR) is 64.4 cm³/mol. The molecule has 0 atom stereocenters. The molecule has 0 bridgehead atoms. The van der Waals surface area contributed by atoms with Crippen LogP contribution in [0, 0.1) is 5.92 Å². The highest BCUT2D eigenvalue weighted by Crippen LogP contribution is 2.31. The molecule has 14 heavy (non-hydrogen) atoms. The molecule has 3 heteroatoms. The van der Waals surface area contributed by atoms with E-state index in [9.17, 15) is 0 Å². The summed E-state index contributed by atoms with van der Waals surface area (Å²) in [5, 5.41) is 4.25. The van der Waals surface area contributed by atoms with Gasteiger partial charge in [-0.15, -0.1) is 11.8 Å². The summed E-state index contributed by atoms with van der Waals surface area (Å²) in [6.45, 7) is 1.09. The van der Waals surface area contributed by atoms with E-state index < -0.39 is 0 Å². The Morgan fingerprint density at radius 2 is 2.29 bits per heavy atom. The highest BCUT2D eigenvalue weighted by Gasteiger charge is 2.20. The van der Waals surface area contributed by atoms with E-state index in [2.05, 4.69) is 17.4 Å². The number of rotatable bonds is 4. The molecule has 0 aliphatic heterocycles. The zero-order chi connectivity index (χ0) is 9.97. The van der Waals surface area contributed by atoms with Crippen molar-refractivity contribution in [3.05, 3.63) is 23.2 Å². The van der Waals surface area contributed by atoms with Crippen molar-refractivity contribution in [2.45, 2.75) is 17.7 Å². The Morgan fingerprint density at radius 3 is 2.86 bits per heavy atom. The van der Waals surface area contributed by atoms with Crippen LogP contribution in [0.25, 0.3) is 0 Å². The fourth-order valence-electron chi connectivity index (χ4n) is 1.36. The van der Waals surface area contributed by atoms with Crippen molar-refractivity contribution < 1.29 is 0 Å². The number of hydrogen-bond acceptors (Lipinski definition) is 2. The predicted octanol–water partition coefficient (Wildman–Crippen LogP) is 3.88. The first kappa shape index (κ1) is 10.2. The van der Waals surface area contributed by atoms with E-state index in [1.807, 2.05) is 12.3 Å². The minimum absolute atomic E-state index is 0.846. The fraction of sp³-hybridized carbons (Fsp3) is 0.455. The molecule has 1 saturated carbocycles. The van der Waals surface area contributed by atoms with Gasteiger partial charge in [0, 0.05) is 17.1 Å². The highest BCUT2D eigenvalue weighted by atomic mass is 35.5. The lowest BCUT2D eigenvalue weighted by Gasteiger charge is -2.07. The summed E-state index contributed by atoms with van der Waals surface area (Å²) in [6, 6.07) is 6.18. The van der Waals surface area contributed by atoms with Gasteiger partial charge in [0.2, 0.25) is 0 Å². The van der Waals surface area contributed by atoms with Gasteiger partial charge in [0.15, 0.2) is 0 Å². The van der Waals surface area contributed by atoms with Gasteiger partial charge in [0.05, 0.1) is 5.02 Å². The van der Waals surface area contributed by atoms with Crippen molar-refractivity contribution in [2.24, 2.45) is 5.92 Å². The fourth-order valence-corrected chi connectivity index (χ4v) is 2.23. The topological polar surface area (TPSA) is 12.0 Å². The quantitative estimate of drug-likeness (QED) is 0.784. The van der Waals surface area contributed by atoms with Crippen LogP contribution in [0.5, 0.6) is 0 Å². The van der Waals surface area contributed by atoms with Crippen LogP contribution < -0.4 is 5.32 Å². The maximum absolute atomic E-state index is 6.10. The van der Waals surface area contributed by atoms with Crippen molar-refractivity contribution in [3.63, 3.8) is 0 Å². The van der Waals surface area contributed by atoms with Crippen LogP contribution in [0.2, 0.25) is 5.02 Å². The van der Waals surface area contributed by atoms with Crippen molar-refractivity contribution in [1.82, 2.24) is 0 Å². The highest BCUT2D eigenvalue weighted by molar-refractivity contribution is 7.98. The molecule has 1 aromatic carbocycles. The number of hydrogen-bond donors (Lipinski definition) is 1. The molecular formula is C11H14ClNS. The van der Waals surface area contributed by atoms with E-state index in [1.165, 1.54) is 12.8 Å². The Labute approximate surface area is 94.2 Å². The van der Waals surface area contributed by atoms with E-state index in [-0.39, 0.29) is 0 Å². The first-order valence-corrected chi connectivity index (χ1v) is 6.47. The van der Waals surface area contributed by atoms with Crippen molar-refractivity contribution >= 4 is 29.1 Å². The largest absolute Gasteiger partial charge is 0.385 e. The van der Waals surface area contributed by atoms with Gasteiger partial charge in [-0.1, -0.05) is 11.6 Å². The Hall–Kier alpha value is -0.340. The van der Waals surface area contributed by atoms with Crippen LogP contribution in [0.3, 0.4) is 0 Å². The molecule has 0 saturated heterocycles. The van der Waals surface area contributed by atoms with E-state index in [0.29, 0.717) is 0 Å². The normalized spacial score (nSPS) is 15.6. The van der Waals surface area contributed by atoms with E-state index in [0.717, 1.165) is 28.1 Å². The summed E-state index contributed by atoms with van der Waals surface area (Å²) in [4.78, 5) is 1.14. The molecule has 0 radical (unpaired) electrons. The Morgan fingerprint density at radius 1 is 1.50 bits per heavy atom. The molecule has 1 nitrogen and oxygen atoms in total. The van der Waals surface area contributed by atoms with Gasteiger partial charge in [-0.05, 0) is 43.2 Å². The molecule has 2 rings (SSSR count). The molecule has 1 aliphatic rings. The summed E-state index contributed by atoms with van der Waals surface area (Å²) in [5.74, 6) is 0.897. The second kappa shape index (κ2) is 4.45. The summed E-state index contributed by atoms with van der Waals surface area (Å²) in [5.41, 5.74) is 1.14. The van der Waals surface area contributed by atoms with Gasteiger partial charge in [-0.2, -0.15) is 0 Å². The van der Waals surface area contributed by atoms with Crippen LogP contribution in [-0.4, -0.2) is 12.8 Å². The second-order valence-electron chi connectivity index (χ2n) is 3.67. The van der Waals surface area contributed by atoms with Crippen molar-refractivity contribution in [3.8, 4) is 0 Å². The minimum Gasteiger partial charge on any atom is -0.385 e. The third-order valence-electron chi connectivity index (χ3n) is 2.44. The second-order valence-corrected chi connectivity index (χ2v) is 4.93. The molecule has 0 aromatic heterocycles. The van der Waals surface area contributed by atoms with Gasteiger partial charge < -0.3 is 5.32 Å². The zero-order valence-corrected chi connectivity index (χ0v) is 9.79. The van der Waals surface area contributed by atoms with Crippen LogP contribution >= 0.6 is 23.4 Å². The van der Waals surface area contributed by atoms with Crippen LogP contribution in [0.4, 0.5) is 5.69 Å². The lowest BCUT2D eigenvalue weighted by molar-refractivity contribution is 0.889. The third kappa shape index (κ3) is 2.58. The zero-order valence-electron chi connectivity index (χ0n) is 8.22. The lowest BCUT2D eigenvalue weighted by atomic mass is 10.3. The average molecular weight is 228 g/mol. The number of nitrogens with one attached hydrogen (secondary N) is 1. The monoisotopic (exact) mass is 227 g/mol. The molecule has 0 amide bonds. The summed E-state index contributed by atoms with van der Waals surface area (Å²) in [6.07, 6.45) is 4.80. The number of halogens is 1. The average Bonchev–Trinajstić information content (AvgIpc) is 2.98. The summed E-state index contributed by atoms with van der Waals surface area (Å²) in [7, 11) is 0. The van der Waals surface area contributed by atoms with Crippen molar-refractivity contribution in [1.29, 1.82) is 0 Å². The maximum atomic E-state index is 6.10. The minimum atomic E-state index is 0.846. The van der Waals surface area contributed by atoms with Crippen LogP contribution in [-0.2, 0) is 0 Å². The first-order chi connectivity index (χ1) is 6.79. The molecule has 0 spiro atoms. The molecular weight excluding hydrogens is 214 g/mol. The molecule has 76 valence electrons. The smallest absolute Gasteiger partial charge is 0.0562 e. The van der Waals surface area contributed by atoms with Gasteiger partial charge in [0.1, 0.15) is 0 Å². The summed E-state index contributed by atoms with van der Waals surface area (Å²) < 4.78 is 0. The molecule has 1 N–H and O–H groups in total. The number of thioether (sulfide) groups is 1. The lowest BCUT2D eigenvalue weighted by Crippen LogP contribution is -2.02. The Balaban J connectivity index is 1.99. The molecule has 1 fully saturated rings. The number of benzene rings is 1. The molecule has 1 aromatic rings. The standard InChI is InChI=1S/C11H14ClNS/c1-14-11-5-4-9(6-10(11)12)13-7-8-2-3-8/h4-6,8,13H,2-3,7H2,1H3. The van der Waals surface area contributed by atoms with Gasteiger partial charge >= 0.3 is 0 Å². The Bertz CT molecular complexity index is 323. The first-order valence-electron chi connectivity index (χ1n) is 4.87. The van der Waals surface area contributed by atoms with Crippen LogP contribution in [0.15, 0.2) is 23.1 Å². The molecule has 0 unspecified atom stereocenters. The van der Waals surface area contributed by atoms with E-state index in [4.69, 9.17) is 11.6 Å². The van der Waals surface area contributed by atoms with Gasteiger partial charge in [0.25, 0.3) is 0 Å². The third-order valence-corrected chi connectivity index (χ3v) is 3.66. The SMILES string of the molecule is CSc1ccc(NCC2CC2)cc1Cl. The van der Waals surface area contributed by atoms with E-state index >= 15 is 0 Å². The Kier molecular flexibility index (Phi) is 3.24.